The fourth-order valence-electron chi connectivity index (χ4n) is 2.18. The van der Waals surface area contributed by atoms with Crippen LogP contribution in [0.2, 0.25) is 0 Å². The highest BCUT2D eigenvalue weighted by Crippen LogP contribution is 2.30. The van der Waals surface area contributed by atoms with Gasteiger partial charge >= 0.3 is 0 Å². The van der Waals surface area contributed by atoms with E-state index in [1.54, 1.807) is 55.6 Å². The highest BCUT2D eigenvalue weighted by atomic mass is 32.2. The van der Waals surface area contributed by atoms with Crippen molar-refractivity contribution < 1.29 is 13.2 Å². The Morgan fingerprint density at radius 2 is 1.81 bits per heavy atom. The van der Waals surface area contributed by atoms with Gasteiger partial charge in [-0.2, -0.15) is 0 Å². The van der Waals surface area contributed by atoms with Crippen LogP contribution in [-0.2, 0) is 9.84 Å². The summed E-state index contributed by atoms with van der Waals surface area (Å²) in [6.07, 6.45) is 0. The predicted molar refractivity (Wildman–Crippen MR) is 83.2 cm³/mol. The molecule has 0 heterocycles. The third-order valence-corrected chi connectivity index (χ3v) is 5.55. The summed E-state index contributed by atoms with van der Waals surface area (Å²) in [6.45, 7) is 1.93. The van der Waals surface area contributed by atoms with Gasteiger partial charge in [-0.1, -0.05) is 29.8 Å². The Morgan fingerprint density at radius 3 is 2.38 bits per heavy atom. The molecule has 0 amide bonds. The van der Waals surface area contributed by atoms with Crippen molar-refractivity contribution in [3.8, 4) is 5.75 Å². The van der Waals surface area contributed by atoms with E-state index < -0.39 is 15.1 Å². The van der Waals surface area contributed by atoms with Crippen LogP contribution in [0.1, 0.15) is 16.4 Å². The summed E-state index contributed by atoms with van der Waals surface area (Å²) in [5.41, 5.74) is 7.38. The SMILES string of the molecule is COc1cccc([C@H](CN)S(=O)(=O)c2ccc(C)cc2)c1. The maximum Gasteiger partial charge on any atom is 0.186 e. The van der Waals surface area contributed by atoms with Gasteiger partial charge in [0.15, 0.2) is 9.84 Å². The van der Waals surface area contributed by atoms with Crippen LogP contribution < -0.4 is 10.5 Å². The maximum atomic E-state index is 12.8. The first-order valence-electron chi connectivity index (χ1n) is 6.63. The fraction of sp³-hybridized carbons (Fsp3) is 0.250. The van der Waals surface area contributed by atoms with Gasteiger partial charge in [-0.3, -0.25) is 0 Å². The van der Waals surface area contributed by atoms with Crippen molar-refractivity contribution in [2.24, 2.45) is 5.73 Å². The molecule has 0 aromatic heterocycles. The van der Waals surface area contributed by atoms with E-state index in [-0.39, 0.29) is 11.4 Å². The number of benzene rings is 2. The zero-order valence-corrected chi connectivity index (χ0v) is 12.9. The Balaban J connectivity index is 2.46. The van der Waals surface area contributed by atoms with Gasteiger partial charge in [0.1, 0.15) is 11.0 Å². The molecular formula is C16H19NO3S. The lowest BCUT2D eigenvalue weighted by molar-refractivity contribution is 0.414. The predicted octanol–water partition coefficient (Wildman–Crippen LogP) is 2.48. The van der Waals surface area contributed by atoms with Crippen molar-refractivity contribution in [2.45, 2.75) is 17.1 Å². The van der Waals surface area contributed by atoms with E-state index in [1.165, 1.54) is 0 Å². The monoisotopic (exact) mass is 305 g/mol. The van der Waals surface area contributed by atoms with Crippen LogP contribution >= 0.6 is 0 Å². The van der Waals surface area contributed by atoms with Crippen molar-refractivity contribution in [1.29, 1.82) is 0 Å². The average Bonchev–Trinajstić information content (AvgIpc) is 2.48. The molecule has 21 heavy (non-hydrogen) atoms. The first-order chi connectivity index (χ1) is 9.98. The zero-order chi connectivity index (χ0) is 15.5. The highest BCUT2D eigenvalue weighted by molar-refractivity contribution is 7.91. The lowest BCUT2D eigenvalue weighted by atomic mass is 10.1. The molecule has 0 saturated carbocycles. The summed E-state index contributed by atoms with van der Waals surface area (Å²) < 4.78 is 30.7. The van der Waals surface area contributed by atoms with E-state index in [2.05, 4.69) is 0 Å². The molecule has 0 bridgehead atoms. The summed E-state index contributed by atoms with van der Waals surface area (Å²) in [5.74, 6) is 0.616. The van der Waals surface area contributed by atoms with Gasteiger partial charge < -0.3 is 10.5 Å². The Hall–Kier alpha value is -1.85. The van der Waals surface area contributed by atoms with E-state index in [1.807, 2.05) is 6.92 Å². The Kier molecular flexibility index (Phi) is 4.65. The molecule has 0 aliphatic heterocycles. The summed E-state index contributed by atoms with van der Waals surface area (Å²) >= 11 is 0. The van der Waals surface area contributed by atoms with Crippen molar-refractivity contribution in [1.82, 2.24) is 0 Å². The van der Waals surface area contributed by atoms with Crippen LogP contribution in [0.3, 0.4) is 0 Å². The normalized spacial score (nSPS) is 12.9. The van der Waals surface area contributed by atoms with Crippen molar-refractivity contribution >= 4 is 9.84 Å². The molecule has 5 heteroatoms. The van der Waals surface area contributed by atoms with Crippen molar-refractivity contribution in [3.63, 3.8) is 0 Å². The Bertz CT molecular complexity index is 709. The van der Waals surface area contributed by atoms with Crippen LogP contribution in [0.15, 0.2) is 53.4 Å². The summed E-state index contributed by atoms with van der Waals surface area (Å²) in [6, 6.07) is 13.8. The second-order valence-corrected chi connectivity index (χ2v) is 6.99. The van der Waals surface area contributed by atoms with Gasteiger partial charge in [0, 0.05) is 6.54 Å². The minimum absolute atomic E-state index is 0.0172. The second-order valence-electron chi connectivity index (χ2n) is 4.86. The average molecular weight is 305 g/mol. The molecule has 0 unspecified atom stereocenters. The van der Waals surface area contributed by atoms with E-state index in [0.29, 0.717) is 11.3 Å². The fourth-order valence-corrected chi connectivity index (χ4v) is 3.78. The largest absolute Gasteiger partial charge is 0.497 e. The molecule has 1 atom stereocenters. The molecule has 2 rings (SSSR count). The molecule has 0 saturated heterocycles. The Labute approximate surface area is 125 Å². The van der Waals surface area contributed by atoms with Crippen LogP contribution in [0.25, 0.3) is 0 Å². The van der Waals surface area contributed by atoms with Crippen LogP contribution in [0.5, 0.6) is 5.75 Å². The molecule has 0 fully saturated rings. The number of nitrogens with two attached hydrogens (primary N) is 1. The number of methoxy groups -OCH3 is 1. The van der Waals surface area contributed by atoms with E-state index >= 15 is 0 Å². The first kappa shape index (κ1) is 15.5. The number of hydrogen-bond donors (Lipinski definition) is 1. The lowest BCUT2D eigenvalue weighted by Crippen LogP contribution is -2.22. The lowest BCUT2D eigenvalue weighted by Gasteiger charge is -2.17. The van der Waals surface area contributed by atoms with Gasteiger partial charge in [-0.15, -0.1) is 0 Å². The number of sulfone groups is 1. The molecule has 2 aromatic rings. The van der Waals surface area contributed by atoms with Crippen molar-refractivity contribution in [2.75, 3.05) is 13.7 Å². The molecular weight excluding hydrogens is 286 g/mol. The molecule has 2 aromatic carbocycles. The summed E-state index contributed by atoms with van der Waals surface area (Å²) in [5, 5.41) is -0.782. The number of rotatable bonds is 5. The first-order valence-corrected chi connectivity index (χ1v) is 8.18. The molecule has 0 aliphatic rings. The number of hydrogen-bond acceptors (Lipinski definition) is 4. The minimum Gasteiger partial charge on any atom is -0.497 e. The second kappa shape index (κ2) is 6.28. The van der Waals surface area contributed by atoms with Crippen LogP contribution in [-0.4, -0.2) is 22.1 Å². The summed E-state index contributed by atoms with van der Waals surface area (Å²) in [7, 11) is -1.98. The molecule has 0 aliphatic carbocycles. The van der Waals surface area contributed by atoms with E-state index in [4.69, 9.17) is 10.5 Å². The molecule has 0 spiro atoms. The number of ether oxygens (including phenoxy) is 1. The van der Waals surface area contributed by atoms with Crippen LogP contribution in [0, 0.1) is 6.92 Å². The third-order valence-electron chi connectivity index (χ3n) is 3.40. The van der Waals surface area contributed by atoms with Gasteiger partial charge in [-0.25, -0.2) is 8.42 Å². The van der Waals surface area contributed by atoms with Gasteiger partial charge in [0.25, 0.3) is 0 Å². The Morgan fingerprint density at radius 1 is 1.14 bits per heavy atom. The standard InChI is InChI=1S/C16H19NO3S/c1-12-6-8-15(9-7-12)21(18,19)16(11-17)13-4-3-5-14(10-13)20-2/h3-10,16H,11,17H2,1-2H3/t16-/m0/s1. The maximum absolute atomic E-state index is 12.8. The van der Waals surface area contributed by atoms with E-state index in [0.717, 1.165) is 5.56 Å². The van der Waals surface area contributed by atoms with Gasteiger partial charge in [-0.05, 0) is 36.8 Å². The molecule has 0 radical (unpaired) electrons. The third kappa shape index (κ3) is 3.25. The quantitative estimate of drug-likeness (QED) is 0.921. The van der Waals surface area contributed by atoms with E-state index in [9.17, 15) is 8.42 Å². The number of aryl methyl sites for hydroxylation is 1. The zero-order valence-electron chi connectivity index (χ0n) is 12.1. The topological polar surface area (TPSA) is 69.4 Å². The smallest absolute Gasteiger partial charge is 0.186 e. The summed E-state index contributed by atoms with van der Waals surface area (Å²) in [4.78, 5) is 0.284. The van der Waals surface area contributed by atoms with Gasteiger partial charge in [0.05, 0.1) is 12.0 Å². The highest BCUT2D eigenvalue weighted by Gasteiger charge is 2.28. The molecule has 4 nitrogen and oxygen atoms in total. The van der Waals surface area contributed by atoms with Gasteiger partial charge in [0.2, 0.25) is 0 Å². The van der Waals surface area contributed by atoms with Crippen LogP contribution in [0.4, 0.5) is 0 Å². The van der Waals surface area contributed by atoms with Crippen molar-refractivity contribution in [3.05, 3.63) is 59.7 Å². The minimum atomic E-state index is -3.53. The molecule has 112 valence electrons. The molecule has 2 N–H and O–H groups in total.